The Morgan fingerprint density at radius 2 is 2.21 bits per heavy atom. The van der Waals surface area contributed by atoms with E-state index in [1.54, 1.807) is 17.9 Å². The van der Waals surface area contributed by atoms with Crippen LogP contribution in [-0.2, 0) is 21.4 Å². The minimum absolute atomic E-state index is 0.0721. The van der Waals surface area contributed by atoms with Gasteiger partial charge >= 0.3 is 5.97 Å². The number of hydrogen-bond donors (Lipinski definition) is 4. The number of rotatable bonds is 8. The van der Waals surface area contributed by atoms with Gasteiger partial charge in [0, 0.05) is 23.1 Å². The quantitative estimate of drug-likeness (QED) is 0.0911. The Labute approximate surface area is 202 Å². The van der Waals surface area contributed by atoms with E-state index in [-0.39, 0.29) is 22.2 Å². The minimum atomic E-state index is -1.22. The van der Waals surface area contributed by atoms with Gasteiger partial charge in [-0.1, -0.05) is 22.1 Å². The Balaban J connectivity index is 1.43. The molecule has 17 heteroatoms. The molecule has 0 aliphatic carbocycles. The van der Waals surface area contributed by atoms with Crippen molar-refractivity contribution in [3.63, 3.8) is 0 Å². The van der Waals surface area contributed by atoms with E-state index in [4.69, 9.17) is 5.73 Å². The molecule has 5 N–H and O–H groups in total. The number of carbonyl (C=O) groups is 3. The van der Waals surface area contributed by atoms with Crippen molar-refractivity contribution in [3.05, 3.63) is 27.9 Å². The molecule has 2 aromatic heterocycles. The molecule has 0 radical (unpaired) electrons. The Bertz CT molecular complexity index is 1180. The number of thioether (sulfide) groups is 3. The number of aryl methyl sites for hydroxylation is 1. The third kappa shape index (κ3) is 4.66. The summed E-state index contributed by atoms with van der Waals surface area (Å²) in [7, 11) is 1.75. The normalized spacial score (nSPS) is 20.5. The average molecular weight is 529 g/mol. The van der Waals surface area contributed by atoms with Crippen LogP contribution in [0.15, 0.2) is 32.4 Å². The third-order valence-corrected chi connectivity index (χ3v) is 8.77. The fourth-order valence-corrected chi connectivity index (χ4v) is 7.28. The molecule has 0 unspecified atom stereocenters. The molecule has 0 spiro atoms. The van der Waals surface area contributed by atoms with E-state index in [1.807, 2.05) is 0 Å². The molecule has 33 heavy (non-hydrogen) atoms. The van der Waals surface area contributed by atoms with Gasteiger partial charge in [-0.25, -0.2) is 9.78 Å². The van der Waals surface area contributed by atoms with Gasteiger partial charge in [-0.05, 0) is 0 Å². The number of carboxylic acids is 1. The summed E-state index contributed by atoms with van der Waals surface area (Å²) in [4.78, 5) is 42.9. The van der Waals surface area contributed by atoms with Crippen molar-refractivity contribution in [2.45, 2.75) is 16.4 Å². The standard InChI is InChI=1S/C16H16N8O5S4/c1-23-2-8(20-22-23)33-5-32-7-4-30-14-10(13(26)24(14)11(7)15(27)28)19-12(25)9(21-29)6-3-31-16(17)18-6/h2-3,10,14,29H,4-5H2,1H3,(H2,17,18)(H,19,25)(H,27,28)/b21-9-/t10-,14-/m1/s1. The van der Waals surface area contributed by atoms with Gasteiger partial charge < -0.3 is 21.4 Å². The lowest BCUT2D eigenvalue weighted by molar-refractivity contribution is -0.150. The van der Waals surface area contributed by atoms with Crippen LogP contribution in [0.25, 0.3) is 0 Å². The third-order valence-electron chi connectivity index (χ3n) is 4.52. The predicted octanol–water partition coefficient (Wildman–Crippen LogP) is 0.211. The molecule has 4 heterocycles. The van der Waals surface area contributed by atoms with Gasteiger partial charge in [0.2, 0.25) is 0 Å². The number of thiazole rings is 1. The number of fused-ring (bicyclic) bond motifs is 1. The highest BCUT2D eigenvalue weighted by Gasteiger charge is 2.54. The van der Waals surface area contributed by atoms with Crippen molar-refractivity contribution in [1.29, 1.82) is 0 Å². The number of anilines is 1. The van der Waals surface area contributed by atoms with E-state index in [9.17, 15) is 24.7 Å². The Morgan fingerprint density at radius 3 is 2.82 bits per heavy atom. The number of nitrogens with zero attached hydrogens (tertiary/aromatic N) is 6. The smallest absolute Gasteiger partial charge is 0.353 e. The summed E-state index contributed by atoms with van der Waals surface area (Å²) in [6.45, 7) is 0. The number of nitrogens with one attached hydrogen (secondary N) is 1. The van der Waals surface area contributed by atoms with Crippen molar-refractivity contribution in [3.8, 4) is 0 Å². The topological polar surface area (TPSA) is 189 Å². The first-order valence-electron chi connectivity index (χ1n) is 9.07. The number of carboxylic acid groups (broad SMARTS) is 1. The van der Waals surface area contributed by atoms with Crippen LogP contribution in [0, 0.1) is 0 Å². The highest BCUT2D eigenvalue weighted by molar-refractivity contribution is 8.18. The number of aliphatic carboxylic acids is 1. The molecular weight excluding hydrogens is 512 g/mol. The zero-order chi connectivity index (χ0) is 23.7. The van der Waals surface area contributed by atoms with Crippen LogP contribution in [0.2, 0.25) is 0 Å². The summed E-state index contributed by atoms with van der Waals surface area (Å²) in [5.74, 6) is -2.24. The lowest BCUT2D eigenvalue weighted by Crippen LogP contribution is -2.71. The highest BCUT2D eigenvalue weighted by atomic mass is 32.2. The lowest BCUT2D eigenvalue weighted by Gasteiger charge is -2.49. The molecule has 2 atom stereocenters. The fourth-order valence-electron chi connectivity index (χ4n) is 3.07. The summed E-state index contributed by atoms with van der Waals surface area (Å²) >= 11 is 5.12. The molecule has 2 amide bonds. The van der Waals surface area contributed by atoms with Gasteiger partial charge in [0.1, 0.15) is 27.8 Å². The number of β-lactam (4-membered cyclic amide) rings is 1. The van der Waals surface area contributed by atoms with E-state index in [0.29, 0.717) is 20.8 Å². The van der Waals surface area contributed by atoms with Crippen LogP contribution >= 0.6 is 46.6 Å². The van der Waals surface area contributed by atoms with Crippen LogP contribution in [0.1, 0.15) is 5.69 Å². The average Bonchev–Trinajstić information content (AvgIpc) is 3.39. The van der Waals surface area contributed by atoms with Gasteiger partial charge in [-0.2, -0.15) is 0 Å². The minimum Gasteiger partial charge on any atom is -0.477 e. The second-order valence-electron chi connectivity index (χ2n) is 6.59. The molecule has 2 aliphatic heterocycles. The summed E-state index contributed by atoms with van der Waals surface area (Å²) < 4.78 is 1.57. The number of amides is 2. The number of nitrogens with two attached hydrogens (primary N) is 1. The fraction of sp³-hybridized carbons (Fsp3) is 0.312. The maximum atomic E-state index is 12.8. The Morgan fingerprint density at radius 1 is 1.42 bits per heavy atom. The summed E-state index contributed by atoms with van der Waals surface area (Å²) in [6, 6.07) is -0.967. The van der Waals surface area contributed by atoms with Crippen LogP contribution in [-0.4, -0.2) is 80.9 Å². The lowest BCUT2D eigenvalue weighted by atomic mass is 10.0. The van der Waals surface area contributed by atoms with Crippen molar-refractivity contribution in [1.82, 2.24) is 30.2 Å². The molecule has 2 aromatic rings. The molecule has 174 valence electrons. The SMILES string of the molecule is Cn1cc(SCSC2=C(C(=O)O)N3C(=O)[C@@H](NC(=O)/C(=N\O)c4csc(N)n4)[C@H]3SC2)nn1. The molecule has 1 saturated heterocycles. The zero-order valence-corrected chi connectivity index (χ0v) is 20.0. The van der Waals surface area contributed by atoms with Gasteiger partial charge in [0.15, 0.2) is 10.8 Å². The first kappa shape index (κ1) is 23.4. The maximum Gasteiger partial charge on any atom is 0.353 e. The van der Waals surface area contributed by atoms with Gasteiger partial charge in [-0.3, -0.25) is 19.2 Å². The highest BCUT2D eigenvalue weighted by Crippen LogP contribution is 2.44. The Kier molecular flexibility index (Phi) is 6.82. The number of oxime groups is 1. The first-order valence-corrected chi connectivity index (χ1v) is 13.0. The second-order valence-corrected chi connectivity index (χ2v) is 11.0. The van der Waals surface area contributed by atoms with Crippen LogP contribution in [0.5, 0.6) is 0 Å². The van der Waals surface area contributed by atoms with E-state index in [2.05, 4.69) is 25.8 Å². The number of carbonyl (C=O) groups excluding carboxylic acids is 2. The van der Waals surface area contributed by atoms with Crippen LogP contribution in [0.4, 0.5) is 5.13 Å². The van der Waals surface area contributed by atoms with E-state index < -0.39 is 29.2 Å². The van der Waals surface area contributed by atoms with E-state index >= 15 is 0 Å². The number of aromatic nitrogens is 4. The largest absolute Gasteiger partial charge is 0.477 e. The molecule has 4 rings (SSSR count). The molecule has 0 saturated carbocycles. The van der Waals surface area contributed by atoms with Gasteiger partial charge in [0.05, 0.1) is 11.3 Å². The first-order chi connectivity index (χ1) is 15.8. The van der Waals surface area contributed by atoms with Crippen LogP contribution in [0.3, 0.4) is 0 Å². The van der Waals surface area contributed by atoms with Crippen molar-refractivity contribution >= 4 is 75.2 Å². The predicted molar refractivity (Wildman–Crippen MR) is 124 cm³/mol. The molecular formula is C16H16N8O5S4. The molecule has 0 aromatic carbocycles. The Hall–Kier alpha value is -2.76. The summed E-state index contributed by atoms with van der Waals surface area (Å²) in [5.41, 5.74) is 5.14. The summed E-state index contributed by atoms with van der Waals surface area (Å²) in [6.07, 6.45) is 1.75. The van der Waals surface area contributed by atoms with E-state index in [1.165, 1.54) is 45.6 Å². The molecule has 2 aliphatic rings. The molecule has 13 nitrogen and oxygen atoms in total. The number of hydrogen-bond acceptors (Lipinski definition) is 13. The molecule has 0 bridgehead atoms. The van der Waals surface area contributed by atoms with E-state index in [0.717, 1.165) is 11.3 Å². The van der Waals surface area contributed by atoms with Crippen LogP contribution < -0.4 is 11.1 Å². The zero-order valence-electron chi connectivity index (χ0n) is 16.7. The van der Waals surface area contributed by atoms with Gasteiger partial charge in [0.25, 0.3) is 11.8 Å². The second kappa shape index (κ2) is 9.62. The van der Waals surface area contributed by atoms with Crippen molar-refractivity contribution in [2.24, 2.45) is 12.2 Å². The monoisotopic (exact) mass is 528 g/mol. The molecule has 1 fully saturated rings. The van der Waals surface area contributed by atoms with Crippen molar-refractivity contribution in [2.75, 3.05) is 16.6 Å². The maximum absolute atomic E-state index is 12.8. The summed E-state index contributed by atoms with van der Waals surface area (Å²) in [5, 5.41) is 34.5. The van der Waals surface area contributed by atoms with Gasteiger partial charge in [-0.15, -0.1) is 40.0 Å². The number of nitrogen functional groups attached to an aromatic ring is 1. The van der Waals surface area contributed by atoms with Crippen molar-refractivity contribution < 1.29 is 24.7 Å².